The molecule has 0 saturated heterocycles. The van der Waals surface area contributed by atoms with E-state index in [1.807, 2.05) is 13.8 Å². The van der Waals surface area contributed by atoms with E-state index in [1.165, 1.54) is 12.8 Å². The highest BCUT2D eigenvalue weighted by molar-refractivity contribution is 4.86. The van der Waals surface area contributed by atoms with E-state index in [2.05, 4.69) is 19.2 Å². The Morgan fingerprint density at radius 2 is 2.07 bits per heavy atom. The van der Waals surface area contributed by atoms with E-state index in [0.29, 0.717) is 5.92 Å². The molecule has 0 bridgehead atoms. The maximum Gasteiger partial charge on any atom is 0.0774 e. The van der Waals surface area contributed by atoms with E-state index < -0.39 is 5.60 Å². The minimum atomic E-state index is -0.409. The Balaban J connectivity index is 0.000000791. The second-order valence-corrected chi connectivity index (χ2v) is 4.21. The maximum atomic E-state index is 10.1. The smallest absolute Gasteiger partial charge is 0.0774 e. The molecule has 1 rings (SSSR count). The largest absolute Gasteiger partial charge is 0.389 e. The molecule has 2 N–H and O–H groups in total. The molecular formula is C12H27NO. The van der Waals surface area contributed by atoms with Crippen LogP contribution in [0, 0.1) is 5.92 Å². The zero-order chi connectivity index (χ0) is 11.0. The third-order valence-corrected chi connectivity index (χ3v) is 2.77. The number of aliphatic hydroxyl groups is 1. The molecule has 1 saturated carbocycles. The van der Waals surface area contributed by atoms with Gasteiger partial charge in [0, 0.05) is 6.54 Å². The van der Waals surface area contributed by atoms with Gasteiger partial charge >= 0.3 is 0 Å². The highest BCUT2D eigenvalue weighted by atomic mass is 16.3. The van der Waals surface area contributed by atoms with Crippen LogP contribution in [-0.4, -0.2) is 23.8 Å². The Labute approximate surface area is 89.1 Å². The van der Waals surface area contributed by atoms with Gasteiger partial charge in [-0.25, -0.2) is 0 Å². The van der Waals surface area contributed by atoms with Gasteiger partial charge < -0.3 is 10.4 Å². The lowest BCUT2D eigenvalue weighted by Crippen LogP contribution is -2.43. The van der Waals surface area contributed by atoms with E-state index in [9.17, 15) is 5.11 Å². The van der Waals surface area contributed by atoms with E-state index >= 15 is 0 Å². The van der Waals surface area contributed by atoms with Gasteiger partial charge in [0.2, 0.25) is 0 Å². The van der Waals surface area contributed by atoms with Crippen LogP contribution in [0.5, 0.6) is 0 Å². The lowest BCUT2D eigenvalue weighted by molar-refractivity contribution is -0.0112. The van der Waals surface area contributed by atoms with Crippen molar-refractivity contribution in [2.75, 3.05) is 13.1 Å². The summed E-state index contributed by atoms with van der Waals surface area (Å²) in [5, 5.41) is 13.3. The average Bonchev–Trinajstić information content (AvgIpc) is 2.18. The maximum absolute atomic E-state index is 10.1. The van der Waals surface area contributed by atoms with Gasteiger partial charge in [-0.15, -0.1) is 0 Å². The zero-order valence-electron chi connectivity index (χ0n) is 10.3. The van der Waals surface area contributed by atoms with Gasteiger partial charge in [0.05, 0.1) is 5.60 Å². The first-order valence-electron chi connectivity index (χ1n) is 6.09. The summed E-state index contributed by atoms with van der Waals surface area (Å²) < 4.78 is 0. The minimum absolute atomic E-state index is 0.409. The Kier molecular flexibility index (Phi) is 7.20. The van der Waals surface area contributed by atoms with Crippen molar-refractivity contribution in [3.05, 3.63) is 0 Å². The molecule has 0 aromatic heterocycles. The van der Waals surface area contributed by atoms with Gasteiger partial charge in [0.25, 0.3) is 0 Å². The van der Waals surface area contributed by atoms with Crippen LogP contribution in [0.15, 0.2) is 0 Å². The minimum Gasteiger partial charge on any atom is -0.389 e. The first-order chi connectivity index (χ1) is 6.66. The Bertz CT molecular complexity index is 138. The first-order valence-corrected chi connectivity index (χ1v) is 6.09. The van der Waals surface area contributed by atoms with Crippen molar-refractivity contribution in [2.45, 2.75) is 59.0 Å². The molecule has 0 spiro atoms. The molecular weight excluding hydrogens is 174 g/mol. The van der Waals surface area contributed by atoms with Crippen molar-refractivity contribution in [3.63, 3.8) is 0 Å². The topological polar surface area (TPSA) is 32.3 Å². The van der Waals surface area contributed by atoms with E-state index in [4.69, 9.17) is 0 Å². The number of hydrogen-bond acceptors (Lipinski definition) is 2. The number of rotatable bonds is 3. The van der Waals surface area contributed by atoms with Crippen LogP contribution in [0.2, 0.25) is 0 Å². The molecule has 0 heterocycles. The third kappa shape index (κ3) is 4.97. The first kappa shape index (κ1) is 13.9. The van der Waals surface area contributed by atoms with Crippen molar-refractivity contribution in [2.24, 2.45) is 5.92 Å². The second kappa shape index (κ2) is 7.24. The normalized spacial score (nSPS) is 31.9. The summed E-state index contributed by atoms with van der Waals surface area (Å²) in [5.74, 6) is 0.697. The lowest BCUT2D eigenvalue weighted by atomic mass is 9.79. The summed E-state index contributed by atoms with van der Waals surface area (Å²) in [4.78, 5) is 0. The molecule has 0 aromatic rings. The molecule has 0 amide bonds. The molecule has 86 valence electrons. The van der Waals surface area contributed by atoms with Crippen LogP contribution in [0.25, 0.3) is 0 Å². The molecule has 2 atom stereocenters. The van der Waals surface area contributed by atoms with Crippen LogP contribution in [0.3, 0.4) is 0 Å². The highest BCUT2D eigenvalue weighted by Gasteiger charge is 2.31. The van der Waals surface area contributed by atoms with Crippen molar-refractivity contribution < 1.29 is 5.11 Å². The van der Waals surface area contributed by atoms with Crippen molar-refractivity contribution in [1.29, 1.82) is 0 Å². The fraction of sp³-hybridized carbons (Fsp3) is 1.00. The summed E-state index contributed by atoms with van der Waals surface area (Å²) in [6, 6.07) is 0. The molecule has 2 heteroatoms. The van der Waals surface area contributed by atoms with Gasteiger partial charge in [-0.3, -0.25) is 0 Å². The van der Waals surface area contributed by atoms with Gasteiger partial charge in [0.15, 0.2) is 0 Å². The number of nitrogens with one attached hydrogen (secondary N) is 1. The van der Waals surface area contributed by atoms with Crippen molar-refractivity contribution >= 4 is 0 Å². The van der Waals surface area contributed by atoms with Gasteiger partial charge in [-0.05, 0) is 25.3 Å². The molecule has 0 aromatic carbocycles. The van der Waals surface area contributed by atoms with Crippen molar-refractivity contribution in [1.82, 2.24) is 5.32 Å². The van der Waals surface area contributed by atoms with Crippen LogP contribution in [-0.2, 0) is 0 Å². The van der Waals surface area contributed by atoms with Crippen LogP contribution < -0.4 is 5.32 Å². The SMILES string of the molecule is CC.CCNCC1(O)CCCC(C)C1. The molecule has 14 heavy (non-hydrogen) atoms. The second-order valence-electron chi connectivity index (χ2n) is 4.21. The summed E-state index contributed by atoms with van der Waals surface area (Å²) in [6.45, 7) is 10.0. The summed E-state index contributed by atoms with van der Waals surface area (Å²) in [5.41, 5.74) is -0.409. The zero-order valence-corrected chi connectivity index (χ0v) is 10.3. The molecule has 1 aliphatic carbocycles. The van der Waals surface area contributed by atoms with E-state index in [0.717, 1.165) is 25.9 Å². The Hall–Kier alpha value is -0.0800. The highest BCUT2D eigenvalue weighted by Crippen LogP contribution is 2.31. The number of hydrogen-bond donors (Lipinski definition) is 2. The van der Waals surface area contributed by atoms with Gasteiger partial charge in [-0.2, -0.15) is 0 Å². The Morgan fingerprint density at radius 3 is 2.57 bits per heavy atom. The molecule has 2 unspecified atom stereocenters. The Morgan fingerprint density at radius 1 is 1.43 bits per heavy atom. The standard InChI is InChI=1S/C10H21NO.C2H6/c1-3-11-8-10(12)6-4-5-9(2)7-10;1-2/h9,11-12H,3-8H2,1-2H3;1-2H3. The van der Waals surface area contributed by atoms with E-state index in [-0.39, 0.29) is 0 Å². The molecule has 0 aliphatic heterocycles. The summed E-state index contributed by atoms with van der Waals surface area (Å²) in [7, 11) is 0. The van der Waals surface area contributed by atoms with Crippen LogP contribution >= 0.6 is 0 Å². The predicted octanol–water partition coefficient (Wildman–Crippen LogP) is 2.56. The van der Waals surface area contributed by atoms with Crippen molar-refractivity contribution in [3.8, 4) is 0 Å². The molecule has 2 nitrogen and oxygen atoms in total. The quantitative estimate of drug-likeness (QED) is 0.735. The van der Waals surface area contributed by atoms with Crippen LogP contribution in [0.1, 0.15) is 53.4 Å². The van der Waals surface area contributed by atoms with Gasteiger partial charge in [-0.1, -0.05) is 40.5 Å². The molecule has 1 aliphatic rings. The lowest BCUT2D eigenvalue weighted by Gasteiger charge is -2.35. The van der Waals surface area contributed by atoms with E-state index in [1.54, 1.807) is 0 Å². The van der Waals surface area contributed by atoms with Gasteiger partial charge in [0.1, 0.15) is 0 Å². The predicted molar refractivity (Wildman–Crippen MR) is 62.5 cm³/mol. The fourth-order valence-electron chi connectivity index (χ4n) is 2.15. The summed E-state index contributed by atoms with van der Waals surface area (Å²) >= 11 is 0. The average molecular weight is 201 g/mol. The fourth-order valence-corrected chi connectivity index (χ4v) is 2.15. The third-order valence-electron chi connectivity index (χ3n) is 2.77. The summed E-state index contributed by atoms with van der Waals surface area (Å²) in [6.07, 6.45) is 4.42. The molecule has 1 fully saturated rings. The monoisotopic (exact) mass is 201 g/mol. The number of likely N-dealkylation sites (N-methyl/N-ethyl adjacent to an activating group) is 1. The molecule has 0 radical (unpaired) electrons. The van der Waals surface area contributed by atoms with Crippen LogP contribution in [0.4, 0.5) is 0 Å².